The fourth-order valence-corrected chi connectivity index (χ4v) is 3.21. The maximum atomic E-state index is 12.1. The van der Waals surface area contributed by atoms with Gasteiger partial charge in [0.1, 0.15) is 0 Å². The van der Waals surface area contributed by atoms with Gasteiger partial charge < -0.3 is 10.2 Å². The Morgan fingerprint density at radius 3 is 3.09 bits per heavy atom. The number of amides is 2. The highest BCUT2D eigenvalue weighted by Crippen LogP contribution is 2.15. The van der Waals surface area contributed by atoms with Crippen molar-refractivity contribution in [2.24, 2.45) is 0 Å². The van der Waals surface area contributed by atoms with Gasteiger partial charge in [-0.1, -0.05) is 28.2 Å². The van der Waals surface area contributed by atoms with E-state index in [-0.39, 0.29) is 17.9 Å². The molecule has 1 fully saturated rings. The summed E-state index contributed by atoms with van der Waals surface area (Å²) in [6, 6.07) is 7.42. The number of carbonyl (C=O) groups excluding carboxylic acids is 2. The molecule has 1 N–H and O–H groups in total. The van der Waals surface area contributed by atoms with Gasteiger partial charge in [0.15, 0.2) is 5.69 Å². The van der Waals surface area contributed by atoms with Crippen molar-refractivity contribution in [3.8, 4) is 0 Å². The number of likely N-dealkylation sites (tertiary alicyclic amines) is 1. The summed E-state index contributed by atoms with van der Waals surface area (Å²) in [5, 5.41) is 8.83. The normalized spacial score (nSPS) is 17.5. The summed E-state index contributed by atoms with van der Waals surface area (Å²) in [7, 11) is 0. The molecule has 2 amide bonds. The van der Waals surface area contributed by atoms with Crippen molar-refractivity contribution in [3.05, 3.63) is 45.9 Å². The van der Waals surface area contributed by atoms with E-state index in [1.54, 1.807) is 10.3 Å². The molecule has 1 saturated heterocycles. The SMILES string of the molecule is O=C(NC1CC(=O)N(CCc2cccc(Cl)c2)C1)c1csnn1. The average Bonchev–Trinajstić information content (AvgIpc) is 3.15. The zero-order valence-electron chi connectivity index (χ0n) is 12.2. The minimum Gasteiger partial charge on any atom is -0.346 e. The van der Waals surface area contributed by atoms with Crippen LogP contribution >= 0.6 is 23.1 Å². The topological polar surface area (TPSA) is 75.2 Å². The Kier molecular flexibility index (Phi) is 4.88. The molecule has 0 bridgehead atoms. The van der Waals surface area contributed by atoms with Gasteiger partial charge in [0.25, 0.3) is 5.91 Å². The highest BCUT2D eigenvalue weighted by atomic mass is 35.5. The van der Waals surface area contributed by atoms with Crippen molar-refractivity contribution in [1.29, 1.82) is 0 Å². The van der Waals surface area contributed by atoms with Crippen LogP contribution in [0.1, 0.15) is 22.5 Å². The molecule has 1 aliphatic heterocycles. The summed E-state index contributed by atoms with van der Waals surface area (Å²) in [6.45, 7) is 1.13. The van der Waals surface area contributed by atoms with E-state index in [4.69, 9.17) is 11.6 Å². The van der Waals surface area contributed by atoms with Gasteiger partial charge in [-0.05, 0) is 35.6 Å². The van der Waals surface area contributed by atoms with Gasteiger partial charge in [-0.3, -0.25) is 9.59 Å². The van der Waals surface area contributed by atoms with Crippen LogP contribution in [-0.4, -0.2) is 45.4 Å². The number of hydrogen-bond donors (Lipinski definition) is 1. The molecule has 2 heterocycles. The molecule has 1 aromatic heterocycles. The van der Waals surface area contributed by atoms with Crippen molar-refractivity contribution in [1.82, 2.24) is 19.8 Å². The monoisotopic (exact) mass is 350 g/mol. The van der Waals surface area contributed by atoms with Crippen LogP contribution in [-0.2, 0) is 11.2 Å². The van der Waals surface area contributed by atoms with E-state index >= 15 is 0 Å². The zero-order chi connectivity index (χ0) is 16.2. The van der Waals surface area contributed by atoms with Crippen LogP contribution in [0, 0.1) is 0 Å². The fraction of sp³-hybridized carbons (Fsp3) is 0.333. The van der Waals surface area contributed by atoms with Crippen LogP contribution in [0.25, 0.3) is 0 Å². The first kappa shape index (κ1) is 15.9. The lowest BCUT2D eigenvalue weighted by Crippen LogP contribution is -2.37. The third kappa shape index (κ3) is 4.05. The second-order valence-corrected chi connectivity index (χ2v) is 6.43. The first-order valence-electron chi connectivity index (χ1n) is 7.22. The van der Waals surface area contributed by atoms with E-state index in [1.165, 1.54) is 0 Å². The molecule has 1 unspecified atom stereocenters. The molecule has 6 nitrogen and oxygen atoms in total. The predicted molar refractivity (Wildman–Crippen MR) is 87.5 cm³/mol. The smallest absolute Gasteiger partial charge is 0.273 e. The first-order valence-corrected chi connectivity index (χ1v) is 8.43. The fourth-order valence-electron chi connectivity index (χ4n) is 2.56. The molecule has 0 spiro atoms. The van der Waals surface area contributed by atoms with Crippen molar-refractivity contribution in [2.75, 3.05) is 13.1 Å². The number of nitrogens with one attached hydrogen (secondary N) is 1. The molecule has 2 aromatic rings. The molecule has 0 radical (unpaired) electrons. The molecule has 0 saturated carbocycles. The lowest BCUT2D eigenvalue weighted by molar-refractivity contribution is -0.127. The Bertz CT molecular complexity index is 707. The number of nitrogens with zero attached hydrogens (tertiary/aromatic N) is 3. The van der Waals surface area contributed by atoms with Gasteiger partial charge >= 0.3 is 0 Å². The Hall–Kier alpha value is -1.99. The second-order valence-electron chi connectivity index (χ2n) is 5.38. The van der Waals surface area contributed by atoms with E-state index in [1.807, 2.05) is 24.3 Å². The van der Waals surface area contributed by atoms with Crippen molar-refractivity contribution in [3.63, 3.8) is 0 Å². The molecule has 8 heteroatoms. The van der Waals surface area contributed by atoms with Gasteiger partial charge in [-0.15, -0.1) is 5.10 Å². The van der Waals surface area contributed by atoms with Crippen LogP contribution in [0.2, 0.25) is 5.02 Å². The van der Waals surface area contributed by atoms with Gasteiger partial charge in [0.2, 0.25) is 5.91 Å². The van der Waals surface area contributed by atoms with Crippen LogP contribution in [0.5, 0.6) is 0 Å². The Balaban J connectivity index is 1.52. The quantitative estimate of drug-likeness (QED) is 0.891. The molecule has 120 valence electrons. The number of halogens is 1. The summed E-state index contributed by atoms with van der Waals surface area (Å²) in [5.41, 5.74) is 1.38. The number of rotatable bonds is 5. The maximum Gasteiger partial charge on any atom is 0.273 e. The van der Waals surface area contributed by atoms with Crippen molar-refractivity contribution >= 4 is 34.9 Å². The average molecular weight is 351 g/mol. The molecule has 1 aliphatic rings. The Morgan fingerprint density at radius 2 is 2.35 bits per heavy atom. The molecule has 1 aromatic carbocycles. The van der Waals surface area contributed by atoms with Crippen molar-refractivity contribution < 1.29 is 9.59 Å². The Labute approximate surface area is 142 Å². The zero-order valence-corrected chi connectivity index (χ0v) is 13.8. The lowest BCUT2D eigenvalue weighted by Gasteiger charge is -2.17. The van der Waals surface area contributed by atoms with Crippen LogP contribution in [0.3, 0.4) is 0 Å². The highest BCUT2D eigenvalue weighted by Gasteiger charge is 2.30. The number of hydrogen-bond acceptors (Lipinski definition) is 5. The summed E-state index contributed by atoms with van der Waals surface area (Å²) in [6.07, 6.45) is 1.06. The predicted octanol–water partition coefficient (Wildman–Crippen LogP) is 1.76. The molecule has 0 aliphatic carbocycles. The largest absolute Gasteiger partial charge is 0.346 e. The third-order valence-electron chi connectivity index (χ3n) is 3.70. The van der Waals surface area contributed by atoms with E-state index in [9.17, 15) is 9.59 Å². The summed E-state index contributed by atoms with van der Waals surface area (Å²) >= 11 is 7.08. The molecule has 23 heavy (non-hydrogen) atoms. The maximum absolute atomic E-state index is 12.1. The van der Waals surface area contributed by atoms with Crippen LogP contribution in [0.15, 0.2) is 29.6 Å². The highest BCUT2D eigenvalue weighted by molar-refractivity contribution is 7.03. The summed E-state index contributed by atoms with van der Waals surface area (Å²) in [4.78, 5) is 25.8. The van der Waals surface area contributed by atoms with Crippen molar-refractivity contribution in [2.45, 2.75) is 18.9 Å². The molecule has 3 rings (SSSR count). The first-order chi connectivity index (χ1) is 11.1. The van der Waals surface area contributed by atoms with E-state index in [0.29, 0.717) is 30.2 Å². The Morgan fingerprint density at radius 1 is 1.48 bits per heavy atom. The molecular formula is C15H15ClN4O2S. The van der Waals surface area contributed by atoms with E-state index in [0.717, 1.165) is 23.5 Å². The number of carbonyl (C=O) groups is 2. The van der Waals surface area contributed by atoms with E-state index < -0.39 is 0 Å². The second kappa shape index (κ2) is 7.06. The van der Waals surface area contributed by atoms with E-state index in [2.05, 4.69) is 14.9 Å². The number of benzene rings is 1. The minimum absolute atomic E-state index is 0.0498. The van der Waals surface area contributed by atoms with Gasteiger partial charge in [-0.2, -0.15) is 0 Å². The third-order valence-corrected chi connectivity index (χ3v) is 4.44. The minimum atomic E-state index is -0.284. The lowest BCUT2D eigenvalue weighted by atomic mass is 10.1. The summed E-state index contributed by atoms with van der Waals surface area (Å²) < 4.78 is 3.66. The van der Waals surface area contributed by atoms with Gasteiger partial charge in [0, 0.05) is 29.9 Å². The number of aromatic nitrogens is 2. The van der Waals surface area contributed by atoms with Crippen LogP contribution in [0.4, 0.5) is 0 Å². The standard InChI is InChI=1S/C15H15ClN4O2S/c16-11-3-1-2-10(6-11)4-5-20-8-12(7-14(20)21)17-15(22)13-9-23-19-18-13/h1-3,6,9,12H,4-5,7-8H2,(H,17,22). The summed E-state index contributed by atoms with van der Waals surface area (Å²) in [5.74, 6) is -0.234. The molecular weight excluding hydrogens is 336 g/mol. The van der Waals surface area contributed by atoms with Gasteiger partial charge in [0.05, 0.1) is 6.04 Å². The van der Waals surface area contributed by atoms with Gasteiger partial charge in [-0.25, -0.2) is 0 Å². The van der Waals surface area contributed by atoms with Crippen LogP contribution < -0.4 is 5.32 Å². The molecule has 1 atom stereocenters.